The molecule has 1 amide bonds. The maximum absolute atomic E-state index is 12.1. The molecule has 1 saturated heterocycles. The van der Waals surface area contributed by atoms with E-state index in [4.69, 9.17) is 10.5 Å². The van der Waals surface area contributed by atoms with E-state index in [2.05, 4.69) is 10.4 Å². The number of nitrogens with one attached hydrogen (secondary N) is 1. The van der Waals surface area contributed by atoms with Crippen molar-refractivity contribution in [3.05, 3.63) is 11.9 Å². The second-order valence-corrected chi connectivity index (χ2v) is 5.38. The van der Waals surface area contributed by atoms with Gasteiger partial charge >= 0.3 is 0 Å². The molecule has 2 rings (SSSR count). The van der Waals surface area contributed by atoms with Crippen molar-refractivity contribution in [1.29, 1.82) is 0 Å². The molecule has 6 heteroatoms. The summed E-state index contributed by atoms with van der Waals surface area (Å²) in [5.41, 5.74) is 6.24. The van der Waals surface area contributed by atoms with Crippen molar-refractivity contribution in [2.24, 2.45) is 7.05 Å². The number of nitrogens with zero attached hydrogens (tertiary/aromatic N) is 2. The van der Waals surface area contributed by atoms with E-state index in [1.807, 2.05) is 13.8 Å². The maximum Gasteiger partial charge on any atom is 0.274 e. The topological polar surface area (TPSA) is 82.2 Å². The highest BCUT2D eigenvalue weighted by Crippen LogP contribution is 2.24. The van der Waals surface area contributed by atoms with Crippen LogP contribution in [0, 0.1) is 0 Å². The summed E-state index contributed by atoms with van der Waals surface area (Å²) in [6.07, 6.45) is 3.25. The number of aromatic nitrogens is 2. The Labute approximate surface area is 106 Å². The second kappa shape index (κ2) is 4.61. The Morgan fingerprint density at radius 1 is 1.67 bits per heavy atom. The Bertz CT molecular complexity index is 453. The average molecular weight is 252 g/mol. The van der Waals surface area contributed by atoms with E-state index in [0.29, 0.717) is 18.0 Å². The number of carbonyl (C=O) groups is 1. The van der Waals surface area contributed by atoms with Crippen molar-refractivity contribution in [3.8, 4) is 0 Å². The minimum Gasteiger partial charge on any atom is -0.396 e. The van der Waals surface area contributed by atoms with Gasteiger partial charge in [-0.1, -0.05) is 0 Å². The Morgan fingerprint density at radius 3 is 2.94 bits per heavy atom. The van der Waals surface area contributed by atoms with E-state index < -0.39 is 0 Å². The van der Waals surface area contributed by atoms with Gasteiger partial charge in [-0.2, -0.15) is 5.10 Å². The smallest absolute Gasteiger partial charge is 0.274 e. The van der Waals surface area contributed by atoms with E-state index in [0.717, 1.165) is 12.8 Å². The van der Waals surface area contributed by atoms with Gasteiger partial charge in [-0.25, -0.2) is 0 Å². The molecule has 6 nitrogen and oxygen atoms in total. The summed E-state index contributed by atoms with van der Waals surface area (Å²) in [7, 11) is 1.74. The van der Waals surface area contributed by atoms with Crippen LogP contribution in [0.15, 0.2) is 6.20 Å². The van der Waals surface area contributed by atoms with Crippen LogP contribution in [-0.4, -0.2) is 33.9 Å². The maximum atomic E-state index is 12.1. The van der Waals surface area contributed by atoms with Crippen molar-refractivity contribution >= 4 is 11.6 Å². The predicted octanol–water partition coefficient (Wildman–Crippen LogP) is 0.690. The zero-order chi connectivity index (χ0) is 13.3. The first-order valence-corrected chi connectivity index (χ1v) is 6.11. The third kappa shape index (κ3) is 2.81. The lowest BCUT2D eigenvalue weighted by Gasteiger charge is -2.35. The van der Waals surface area contributed by atoms with Crippen LogP contribution in [0.2, 0.25) is 0 Å². The highest BCUT2D eigenvalue weighted by molar-refractivity contribution is 5.97. The minimum absolute atomic E-state index is 0.114. The number of ether oxygens (including phenoxy) is 1. The van der Waals surface area contributed by atoms with Crippen LogP contribution in [-0.2, 0) is 11.8 Å². The number of amides is 1. The van der Waals surface area contributed by atoms with Gasteiger partial charge in [0.2, 0.25) is 0 Å². The highest BCUT2D eigenvalue weighted by atomic mass is 16.5. The summed E-state index contributed by atoms with van der Waals surface area (Å²) in [4.78, 5) is 12.1. The quantitative estimate of drug-likeness (QED) is 0.811. The lowest BCUT2D eigenvalue weighted by Crippen LogP contribution is -2.46. The van der Waals surface area contributed by atoms with Crippen LogP contribution in [0.25, 0.3) is 0 Å². The molecule has 1 unspecified atom stereocenters. The molecule has 0 aliphatic carbocycles. The Balaban J connectivity index is 2.01. The zero-order valence-corrected chi connectivity index (χ0v) is 11.1. The average Bonchev–Trinajstić information content (AvgIpc) is 2.56. The van der Waals surface area contributed by atoms with Crippen molar-refractivity contribution in [2.45, 2.75) is 38.3 Å². The van der Waals surface area contributed by atoms with Crippen LogP contribution in [0.1, 0.15) is 37.2 Å². The molecule has 100 valence electrons. The van der Waals surface area contributed by atoms with Gasteiger partial charge in [-0.05, 0) is 26.7 Å². The molecule has 1 atom stereocenters. The first-order chi connectivity index (χ1) is 8.37. The minimum atomic E-state index is -0.212. The molecule has 0 saturated carbocycles. The largest absolute Gasteiger partial charge is 0.396 e. The van der Waals surface area contributed by atoms with Gasteiger partial charge in [0, 0.05) is 25.9 Å². The molecule has 1 aromatic rings. The van der Waals surface area contributed by atoms with Crippen LogP contribution >= 0.6 is 0 Å². The lowest BCUT2D eigenvalue weighted by atomic mass is 9.94. The lowest BCUT2D eigenvalue weighted by molar-refractivity contribution is -0.0615. The number of hydrogen-bond acceptors (Lipinski definition) is 4. The van der Waals surface area contributed by atoms with E-state index in [1.165, 1.54) is 4.68 Å². The number of hydrogen-bond donors (Lipinski definition) is 2. The summed E-state index contributed by atoms with van der Waals surface area (Å²) < 4.78 is 7.15. The molecule has 18 heavy (non-hydrogen) atoms. The number of rotatable bonds is 2. The third-order valence-corrected chi connectivity index (χ3v) is 3.10. The van der Waals surface area contributed by atoms with Gasteiger partial charge in [0.1, 0.15) is 0 Å². The van der Waals surface area contributed by atoms with Crippen LogP contribution in [0.3, 0.4) is 0 Å². The Hall–Kier alpha value is -1.56. The van der Waals surface area contributed by atoms with Crippen LogP contribution in [0.5, 0.6) is 0 Å². The first kappa shape index (κ1) is 12.9. The standard InChI is InChI=1S/C12H20N4O2/c1-12(2)6-8(4-5-18-12)14-11(17)10-9(13)7-16(3)15-10/h7-8H,4-6,13H2,1-3H3,(H,14,17). The fourth-order valence-electron chi connectivity index (χ4n) is 2.29. The molecule has 3 N–H and O–H groups in total. The second-order valence-electron chi connectivity index (χ2n) is 5.38. The van der Waals surface area contributed by atoms with Crippen molar-refractivity contribution < 1.29 is 9.53 Å². The van der Waals surface area contributed by atoms with Gasteiger partial charge < -0.3 is 15.8 Å². The van der Waals surface area contributed by atoms with E-state index in [9.17, 15) is 4.79 Å². The third-order valence-electron chi connectivity index (χ3n) is 3.10. The van der Waals surface area contributed by atoms with E-state index >= 15 is 0 Å². The first-order valence-electron chi connectivity index (χ1n) is 6.11. The van der Waals surface area contributed by atoms with Gasteiger partial charge in [-0.3, -0.25) is 9.48 Å². The van der Waals surface area contributed by atoms with Crippen molar-refractivity contribution in [2.75, 3.05) is 12.3 Å². The fourth-order valence-corrected chi connectivity index (χ4v) is 2.29. The molecule has 1 aliphatic heterocycles. The number of nitrogen functional groups attached to an aromatic ring is 1. The van der Waals surface area contributed by atoms with Crippen molar-refractivity contribution in [1.82, 2.24) is 15.1 Å². The molecule has 1 fully saturated rings. The zero-order valence-electron chi connectivity index (χ0n) is 11.1. The number of anilines is 1. The molecule has 1 aromatic heterocycles. The predicted molar refractivity (Wildman–Crippen MR) is 68.1 cm³/mol. The molecule has 2 heterocycles. The van der Waals surface area contributed by atoms with Gasteiger partial charge in [-0.15, -0.1) is 0 Å². The van der Waals surface area contributed by atoms with Gasteiger partial charge in [0.05, 0.1) is 11.3 Å². The Morgan fingerprint density at radius 2 is 2.39 bits per heavy atom. The summed E-state index contributed by atoms with van der Waals surface area (Å²) >= 11 is 0. The monoisotopic (exact) mass is 252 g/mol. The summed E-state index contributed by atoms with van der Waals surface area (Å²) in [5.74, 6) is -0.212. The van der Waals surface area contributed by atoms with Crippen LogP contribution < -0.4 is 11.1 Å². The number of aryl methyl sites for hydroxylation is 1. The van der Waals surface area contributed by atoms with Crippen molar-refractivity contribution in [3.63, 3.8) is 0 Å². The summed E-state index contributed by atoms with van der Waals surface area (Å²) in [6, 6.07) is 0.114. The molecule has 0 radical (unpaired) electrons. The highest BCUT2D eigenvalue weighted by Gasteiger charge is 2.30. The van der Waals surface area contributed by atoms with Gasteiger partial charge in [0.25, 0.3) is 5.91 Å². The fraction of sp³-hybridized carbons (Fsp3) is 0.667. The normalized spacial score (nSPS) is 22.7. The molecular weight excluding hydrogens is 232 g/mol. The summed E-state index contributed by atoms with van der Waals surface area (Å²) in [6.45, 7) is 4.72. The van der Waals surface area contributed by atoms with Crippen LogP contribution in [0.4, 0.5) is 5.69 Å². The Kier molecular flexibility index (Phi) is 3.30. The molecular formula is C12H20N4O2. The molecule has 1 aliphatic rings. The molecule has 0 spiro atoms. The van der Waals surface area contributed by atoms with E-state index in [-0.39, 0.29) is 17.6 Å². The summed E-state index contributed by atoms with van der Waals surface area (Å²) in [5, 5.41) is 7.03. The SMILES string of the molecule is Cn1cc(N)c(C(=O)NC2CCOC(C)(C)C2)n1. The van der Waals surface area contributed by atoms with E-state index in [1.54, 1.807) is 13.2 Å². The number of carbonyl (C=O) groups excluding carboxylic acids is 1. The number of nitrogens with two attached hydrogens (primary N) is 1. The molecule has 0 bridgehead atoms. The van der Waals surface area contributed by atoms with Gasteiger partial charge in [0.15, 0.2) is 5.69 Å². The molecule has 0 aromatic carbocycles.